The van der Waals surface area contributed by atoms with Crippen LogP contribution in [0.1, 0.15) is 22.7 Å². The zero-order chi connectivity index (χ0) is 20.1. The summed E-state index contributed by atoms with van der Waals surface area (Å²) in [5.74, 6) is -0.237. The van der Waals surface area contributed by atoms with E-state index in [1.54, 1.807) is 19.1 Å². The molecule has 2 heterocycles. The zero-order valence-corrected chi connectivity index (χ0v) is 15.9. The first-order valence-corrected chi connectivity index (χ1v) is 8.76. The molecular formula is C21H21N3O4. The minimum absolute atomic E-state index is 0.280. The van der Waals surface area contributed by atoms with Crippen LogP contribution in [0.2, 0.25) is 0 Å². The van der Waals surface area contributed by atoms with Gasteiger partial charge in [0.1, 0.15) is 5.76 Å². The van der Waals surface area contributed by atoms with Gasteiger partial charge >= 0.3 is 5.97 Å². The number of carbonyl (C=O) groups excluding carboxylic acids is 2. The lowest BCUT2D eigenvalue weighted by Gasteiger charge is -2.09. The maximum Gasteiger partial charge on any atom is 0.331 e. The second-order valence-electron chi connectivity index (χ2n) is 6.31. The van der Waals surface area contributed by atoms with Gasteiger partial charge in [0, 0.05) is 29.2 Å². The van der Waals surface area contributed by atoms with E-state index in [1.807, 2.05) is 50.2 Å². The highest BCUT2D eigenvalue weighted by Gasteiger charge is 2.10. The van der Waals surface area contributed by atoms with E-state index in [2.05, 4.69) is 15.0 Å². The van der Waals surface area contributed by atoms with Crippen LogP contribution in [-0.2, 0) is 14.3 Å². The first-order valence-electron chi connectivity index (χ1n) is 8.76. The van der Waals surface area contributed by atoms with Gasteiger partial charge < -0.3 is 19.1 Å². The third kappa shape index (κ3) is 4.56. The number of hydrogen-bond donors (Lipinski definition) is 1. The maximum atomic E-state index is 11.9. The number of rotatable bonds is 6. The van der Waals surface area contributed by atoms with E-state index in [-0.39, 0.29) is 5.82 Å². The fourth-order valence-corrected chi connectivity index (χ4v) is 2.88. The lowest BCUT2D eigenvalue weighted by Crippen LogP contribution is -2.20. The average molecular weight is 379 g/mol. The molecule has 1 amide bonds. The first kappa shape index (κ1) is 19.2. The van der Waals surface area contributed by atoms with Gasteiger partial charge in [-0.05, 0) is 50.6 Å². The number of esters is 1. The number of carbonyl (C=O) groups is 2. The minimum Gasteiger partial charge on any atom is -0.452 e. The Labute approximate surface area is 162 Å². The Balaban J connectivity index is 1.59. The highest BCUT2D eigenvalue weighted by molar-refractivity contribution is 5.94. The molecule has 2 aromatic heterocycles. The number of ether oxygens (including phenoxy) is 1. The largest absolute Gasteiger partial charge is 0.452 e. The first-order chi connectivity index (χ1) is 13.4. The summed E-state index contributed by atoms with van der Waals surface area (Å²) in [6, 6.07) is 13.5. The van der Waals surface area contributed by atoms with Crippen molar-refractivity contribution in [1.29, 1.82) is 0 Å². The van der Waals surface area contributed by atoms with Crippen LogP contribution in [0.5, 0.6) is 0 Å². The monoisotopic (exact) mass is 379 g/mol. The van der Waals surface area contributed by atoms with Crippen molar-refractivity contribution in [2.45, 2.75) is 20.8 Å². The average Bonchev–Trinajstić information content (AvgIpc) is 3.21. The van der Waals surface area contributed by atoms with Crippen molar-refractivity contribution < 1.29 is 18.8 Å². The molecule has 0 aliphatic carbocycles. The molecule has 28 heavy (non-hydrogen) atoms. The molecule has 7 heteroatoms. The van der Waals surface area contributed by atoms with Crippen molar-refractivity contribution >= 4 is 23.8 Å². The molecule has 1 N–H and O–H groups in total. The lowest BCUT2D eigenvalue weighted by molar-refractivity contribution is -0.142. The molecule has 7 nitrogen and oxygen atoms in total. The predicted molar refractivity (Wildman–Crippen MR) is 105 cm³/mol. The molecule has 0 unspecified atom stereocenters. The fraction of sp³-hybridized carbons (Fsp3) is 0.190. The summed E-state index contributed by atoms with van der Waals surface area (Å²) in [6.07, 6.45) is 2.99. The third-order valence-electron chi connectivity index (χ3n) is 4.12. The molecule has 0 aliphatic rings. The highest BCUT2D eigenvalue weighted by Crippen LogP contribution is 2.21. The minimum atomic E-state index is -0.601. The molecule has 0 spiro atoms. The van der Waals surface area contributed by atoms with E-state index >= 15 is 0 Å². The van der Waals surface area contributed by atoms with E-state index in [4.69, 9.17) is 9.26 Å². The highest BCUT2D eigenvalue weighted by atomic mass is 16.5. The van der Waals surface area contributed by atoms with Gasteiger partial charge in [0.2, 0.25) is 0 Å². The Bertz CT molecular complexity index is 1020. The van der Waals surface area contributed by atoms with Crippen molar-refractivity contribution in [3.05, 3.63) is 71.3 Å². The van der Waals surface area contributed by atoms with Gasteiger partial charge in [0.05, 0.1) is 0 Å². The topological polar surface area (TPSA) is 86.4 Å². The van der Waals surface area contributed by atoms with E-state index in [9.17, 15) is 9.59 Å². The predicted octanol–water partition coefficient (Wildman–Crippen LogP) is 3.59. The maximum absolute atomic E-state index is 11.9. The summed E-state index contributed by atoms with van der Waals surface area (Å²) >= 11 is 0. The second kappa shape index (κ2) is 8.39. The van der Waals surface area contributed by atoms with Crippen molar-refractivity contribution in [2.75, 3.05) is 11.9 Å². The molecule has 0 saturated heterocycles. The van der Waals surface area contributed by atoms with Crippen LogP contribution in [0, 0.1) is 20.8 Å². The Morgan fingerprint density at radius 2 is 1.93 bits per heavy atom. The molecule has 0 bridgehead atoms. The SMILES string of the molecule is Cc1cc(NC(=O)COC(=O)/C=C/c2cc(C)n(-c3ccccc3)c2C)no1. The smallest absolute Gasteiger partial charge is 0.331 e. The second-order valence-corrected chi connectivity index (χ2v) is 6.31. The normalized spacial score (nSPS) is 11.0. The summed E-state index contributed by atoms with van der Waals surface area (Å²) in [7, 11) is 0. The molecule has 0 fully saturated rings. The molecule has 1 aromatic carbocycles. The summed E-state index contributed by atoms with van der Waals surface area (Å²) in [6.45, 7) is 5.30. The van der Waals surface area contributed by atoms with Gasteiger partial charge in [-0.1, -0.05) is 23.4 Å². The van der Waals surface area contributed by atoms with Crippen molar-refractivity contribution in [3.8, 4) is 5.69 Å². The van der Waals surface area contributed by atoms with Gasteiger partial charge in [-0.3, -0.25) is 4.79 Å². The van der Waals surface area contributed by atoms with Crippen LogP contribution in [0.15, 0.2) is 53.1 Å². The molecule has 144 valence electrons. The lowest BCUT2D eigenvalue weighted by atomic mass is 10.2. The Hall–Kier alpha value is -3.61. The number of benzene rings is 1. The fourth-order valence-electron chi connectivity index (χ4n) is 2.88. The number of anilines is 1. The third-order valence-corrected chi connectivity index (χ3v) is 4.12. The van der Waals surface area contributed by atoms with Gasteiger partial charge in [-0.15, -0.1) is 0 Å². The molecule has 0 atom stereocenters. The van der Waals surface area contributed by atoms with E-state index in [0.29, 0.717) is 5.76 Å². The number of hydrogen-bond acceptors (Lipinski definition) is 5. The number of aromatic nitrogens is 2. The summed E-state index contributed by atoms with van der Waals surface area (Å²) in [5, 5.41) is 6.12. The molecule has 0 aliphatic heterocycles. The quantitative estimate of drug-likeness (QED) is 0.522. The van der Waals surface area contributed by atoms with Crippen LogP contribution >= 0.6 is 0 Å². The van der Waals surface area contributed by atoms with Crippen molar-refractivity contribution in [1.82, 2.24) is 9.72 Å². The number of para-hydroxylation sites is 1. The van der Waals surface area contributed by atoms with Gasteiger partial charge in [0.25, 0.3) is 5.91 Å². The number of amides is 1. The molecule has 3 aromatic rings. The molecule has 0 saturated carbocycles. The Kier molecular flexibility index (Phi) is 5.74. The van der Waals surface area contributed by atoms with Crippen molar-refractivity contribution in [3.63, 3.8) is 0 Å². The Morgan fingerprint density at radius 3 is 2.61 bits per heavy atom. The molecule has 0 radical (unpaired) electrons. The van der Waals surface area contributed by atoms with Crippen LogP contribution in [0.4, 0.5) is 5.82 Å². The van der Waals surface area contributed by atoms with Crippen LogP contribution in [0.25, 0.3) is 11.8 Å². The van der Waals surface area contributed by atoms with Crippen LogP contribution < -0.4 is 5.32 Å². The van der Waals surface area contributed by atoms with Gasteiger partial charge in [0.15, 0.2) is 12.4 Å². The van der Waals surface area contributed by atoms with Crippen LogP contribution in [0.3, 0.4) is 0 Å². The number of nitrogens with zero attached hydrogens (tertiary/aromatic N) is 2. The summed E-state index contributed by atoms with van der Waals surface area (Å²) in [5.41, 5.74) is 4.02. The number of nitrogens with one attached hydrogen (secondary N) is 1. The molecular weight excluding hydrogens is 358 g/mol. The van der Waals surface area contributed by atoms with E-state index < -0.39 is 18.5 Å². The molecule has 3 rings (SSSR count). The standard InChI is InChI=1S/C21H21N3O4/c1-14-11-17(16(3)24(14)18-7-5-4-6-8-18)9-10-21(26)27-13-20(25)22-19-12-15(2)28-23-19/h4-12H,13H2,1-3H3,(H,22,23,25)/b10-9+. The van der Waals surface area contributed by atoms with Gasteiger partial charge in [-0.2, -0.15) is 0 Å². The van der Waals surface area contributed by atoms with Gasteiger partial charge in [-0.25, -0.2) is 4.79 Å². The van der Waals surface area contributed by atoms with Crippen LogP contribution in [-0.4, -0.2) is 28.2 Å². The Morgan fingerprint density at radius 1 is 1.18 bits per heavy atom. The van der Waals surface area contributed by atoms with E-state index in [0.717, 1.165) is 22.6 Å². The van der Waals surface area contributed by atoms with E-state index in [1.165, 1.54) is 6.08 Å². The zero-order valence-electron chi connectivity index (χ0n) is 15.9. The summed E-state index contributed by atoms with van der Waals surface area (Å²) < 4.78 is 11.9. The summed E-state index contributed by atoms with van der Waals surface area (Å²) in [4.78, 5) is 23.7. The van der Waals surface area contributed by atoms with Crippen molar-refractivity contribution in [2.24, 2.45) is 0 Å². The number of aryl methyl sites for hydroxylation is 2.